The number of phenols is 1. The van der Waals surface area contributed by atoms with Crippen molar-refractivity contribution < 1.29 is 19.1 Å². The summed E-state index contributed by atoms with van der Waals surface area (Å²) < 4.78 is 11.5. The fraction of sp³-hybridized carbons (Fsp3) is 0.304. The minimum absolute atomic E-state index is 0.0488. The van der Waals surface area contributed by atoms with Crippen LogP contribution in [-0.2, 0) is 4.74 Å². The molecule has 150 valence electrons. The predicted octanol–water partition coefficient (Wildman–Crippen LogP) is 3.90. The molecule has 1 fully saturated rings. The molecular formula is C23H24N2O4. The molecule has 2 N–H and O–H groups in total. The van der Waals surface area contributed by atoms with Crippen LogP contribution in [0.15, 0.2) is 51.9 Å². The van der Waals surface area contributed by atoms with E-state index in [-0.39, 0.29) is 23.3 Å². The highest BCUT2D eigenvalue weighted by molar-refractivity contribution is 5.96. The largest absolute Gasteiger partial charge is 0.508 e. The number of nitrogens with zero attached hydrogens (tertiary/aromatic N) is 1. The Labute approximate surface area is 168 Å². The molecule has 1 saturated heterocycles. The van der Waals surface area contributed by atoms with Crippen LogP contribution < -0.4 is 10.9 Å². The zero-order valence-electron chi connectivity index (χ0n) is 16.6. The van der Waals surface area contributed by atoms with Crippen LogP contribution in [0.1, 0.15) is 34.3 Å². The Morgan fingerprint density at radius 1 is 1.24 bits per heavy atom. The van der Waals surface area contributed by atoms with E-state index in [1.165, 1.54) is 6.07 Å². The van der Waals surface area contributed by atoms with Gasteiger partial charge in [-0.3, -0.25) is 4.79 Å². The number of hydrogen-bond acceptors (Lipinski definition) is 5. The van der Waals surface area contributed by atoms with Gasteiger partial charge in [0.2, 0.25) is 5.55 Å². The van der Waals surface area contributed by atoms with Crippen LogP contribution in [0.4, 0.5) is 5.69 Å². The molecule has 1 amide bonds. The topological polar surface area (TPSA) is 84.1 Å². The van der Waals surface area contributed by atoms with Gasteiger partial charge in [0.1, 0.15) is 16.9 Å². The Morgan fingerprint density at radius 2 is 2.10 bits per heavy atom. The van der Waals surface area contributed by atoms with Crippen LogP contribution in [0.25, 0.3) is 11.0 Å². The van der Waals surface area contributed by atoms with Gasteiger partial charge in [-0.1, -0.05) is 12.1 Å². The molecule has 1 aliphatic heterocycles. The molecule has 0 saturated carbocycles. The van der Waals surface area contributed by atoms with Gasteiger partial charge in [-0.25, -0.2) is 4.99 Å². The Bertz CT molecular complexity index is 1130. The van der Waals surface area contributed by atoms with Gasteiger partial charge in [0.25, 0.3) is 5.91 Å². The number of amides is 1. The molecule has 2 aromatic carbocycles. The summed E-state index contributed by atoms with van der Waals surface area (Å²) in [6.45, 7) is 5.19. The summed E-state index contributed by atoms with van der Waals surface area (Å²) in [6.07, 6.45) is 2.01. The number of nitrogens with one attached hydrogen (secondary N) is 1. The summed E-state index contributed by atoms with van der Waals surface area (Å²) in [4.78, 5) is 17.6. The monoisotopic (exact) mass is 392 g/mol. The van der Waals surface area contributed by atoms with Crippen LogP contribution in [0.5, 0.6) is 5.75 Å². The van der Waals surface area contributed by atoms with Crippen LogP contribution in [0.2, 0.25) is 0 Å². The van der Waals surface area contributed by atoms with Gasteiger partial charge in [0.15, 0.2) is 0 Å². The second-order valence-corrected chi connectivity index (χ2v) is 7.36. The molecule has 1 aromatic heterocycles. The van der Waals surface area contributed by atoms with Crippen molar-refractivity contribution in [2.75, 3.05) is 13.2 Å². The first-order valence-corrected chi connectivity index (χ1v) is 9.79. The molecule has 3 aromatic rings. The smallest absolute Gasteiger partial charge is 0.256 e. The van der Waals surface area contributed by atoms with Crippen molar-refractivity contribution in [3.8, 4) is 5.75 Å². The molecule has 6 nitrogen and oxygen atoms in total. The molecule has 0 spiro atoms. The average Bonchev–Trinajstić information content (AvgIpc) is 3.23. The number of benzene rings is 2. The van der Waals surface area contributed by atoms with Crippen molar-refractivity contribution in [2.45, 2.75) is 32.8 Å². The van der Waals surface area contributed by atoms with Crippen molar-refractivity contribution in [3.05, 3.63) is 64.7 Å². The Balaban J connectivity index is 1.79. The third-order valence-corrected chi connectivity index (χ3v) is 5.29. The maximum atomic E-state index is 12.9. The Hall–Kier alpha value is -3.12. The van der Waals surface area contributed by atoms with Crippen molar-refractivity contribution in [1.29, 1.82) is 0 Å². The van der Waals surface area contributed by atoms with Gasteiger partial charge in [0, 0.05) is 24.6 Å². The second kappa shape index (κ2) is 8.09. The highest BCUT2D eigenvalue weighted by Crippen LogP contribution is 2.23. The molecule has 2 heterocycles. The summed E-state index contributed by atoms with van der Waals surface area (Å²) in [5.74, 6) is -0.169. The first kappa shape index (κ1) is 19.2. The van der Waals surface area contributed by atoms with Gasteiger partial charge in [0.05, 0.1) is 11.8 Å². The van der Waals surface area contributed by atoms with Gasteiger partial charge in [-0.2, -0.15) is 0 Å². The fourth-order valence-corrected chi connectivity index (χ4v) is 3.43. The molecular weight excluding hydrogens is 368 g/mol. The minimum atomic E-state index is -0.261. The Morgan fingerprint density at radius 3 is 2.90 bits per heavy atom. The lowest BCUT2D eigenvalue weighted by molar-refractivity contribution is 0.0854. The second-order valence-electron chi connectivity index (χ2n) is 7.36. The number of rotatable bonds is 4. The van der Waals surface area contributed by atoms with Gasteiger partial charge >= 0.3 is 0 Å². The number of carbonyl (C=O) groups excluding carboxylic acids is 1. The van der Waals surface area contributed by atoms with Crippen molar-refractivity contribution in [2.24, 2.45) is 4.99 Å². The van der Waals surface area contributed by atoms with Gasteiger partial charge in [-0.05, 0) is 62.1 Å². The quantitative estimate of drug-likeness (QED) is 0.705. The highest BCUT2D eigenvalue weighted by Gasteiger charge is 2.19. The first-order chi connectivity index (χ1) is 14.0. The molecule has 0 radical (unpaired) electrons. The average molecular weight is 392 g/mol. The Kier molecular flexibility index (Phi) is 5.36. The van der Waals surface area contributed by atoms with E-state index in [1.54, 1.807) is 18.2 Å². The number of phenolic OH excluding ortho intramolecular Hbond substituents is 1. The summed E-state index contributed by atoms with van der Waals surface area (Å²) in [7, 11) is 0. The van der Waals surface area contributed by atoms with E-state index in [0.29, 0.717) is 23.1 Å². The summed E-state index contributed by atoms with van der Waals surface area (Å²) in [5.41, 5.74) is 3.88. The predicted molar refractivity (Wildman–Crippen MR) is 110 cm³/mol. The van der Waals surface area contributed by atoms with Crippen LogP contribution >= 0.6 is 0 Å². The van der Waals surface area contributed by atoms with E-state index < -0.39 is 0 Å². The lowest BCUT2D eigenvalue weighted by Crippen LogP contribution is -2.34. The van der Waals surface area contributed by atoms with Gasteiger partial charge < -0.3 is 19.6 Å². The third-order valence-electron chi connectivity index (χ3n) is 5.29. The minimum Gasteiger partial charge on any atom is -0.508 e. The SMILES string of the molecule is Cc1cccc(N=c2oc3cc(O)ccc3cc2C(=O)NCC2CCCO2)c1C. The van der Waals surface area contributed by atoms with E-state index in [0.717, 1.165) is 36.3 Å². The maximum Gasteiger partial charge on any atom is 0.256 e. The third kappa shape index (κ3) is 4.17. The lowest BCUT2D eigenvalue weighted by Gasteiger charge is -2.11. The van der Waals surface area contributed by atoms with E-state index >= 15 is 0 Å². The standard InChI is InChI=1S/C23H24N2O4/c1-14-5-3-7-20(15(14)2)25-23-19(22(27)24-13-18-6-4-10-28-18)11-16-8-9-17(26)12-21(16)29-23/h3,5,7-9,11-12,18,26H,4,6,10,13H2,1-2H3,(H,24,27). The number of aromatic hydroxyl groups is 1. The number of aryl methyl sites for hydroxylation is 1. The van der Waals surface area contributed by atoms with E-state index in [9.17, 15) is 9.90 Å². The summed E-state index contributed by atoms with van der Waals surface area (Å²) in [6, 6.07) is 12.4. The molecule has 4 rings (SSSR count). The number of hydrogen-bond donors (Lipinski definition) is 2. The highest BCUT2D eigenvalue weighted by atomic mass is 16.5. The van der Waals surface area contributed by atoms with Crippen molar-refractivity contribution in [3.63, 3.8) is 0 Å². The fourth-order valence-electron chi connectivity index (χ4n) is 3.43. The summed E-state index contributed by atoms with van der Waals surface area (Å²) >= 11 is 0. The van der Waals surface area contributed by atoms with Crippen molar-refractivity contribution in [1.82, 2.24) is 5.32 Å². The number of fused-ring (bicyclic) bond motifs is 1. The molecule has 0 aliphatic carbocycles. The van der Waals surface area contributed by atoms with E-state index in [2.05, 4.69) is 10.3 Å². The molecule has 0 bridgehead atoms. The van der Waals surface area contributed by atoms with Crippen LogP contribution in [0.3, 0.4) is 0 Å². The normalized spacial score (nSPS) is 17.0. The maximum absolute atomic E-state index is 12.9. The van der Waals surface area contributed by atoms with E-state index in [4.69, 9.17) is 9.15 Å². The molecule has 1 atom stereocenters. The van der Waals surface area contributed by atoms with Gasteiger partial charge in [-0.15, -0.1) is 0 Å². The van der Waals surface area contributed by atoms with Crippen LogP contribution in [-0.4, -0.2) is 30.3 Å². The molecule has 6 heteroatoms. The molecule has 1 unspecified atom stereocenters. The summed E-state index contributed by atoms with van der Waals surface area (Å²) in [5, 5.41) is 13.4. The zero-order valence-corrected chi connectivity index (χ0v) is 16.6. The molecule has 29 heavy (non-hydrogen) atoms. The number of carbonyl (C=O) groups is 1. The van der Waals surface area contributed by atoms with Crippen LogP contribution in [0, 0.1) is 13.8 Å². The zero-order chi connectivity index (χ0) is 20.4. The number of ether oxygens (including phenoxy) is 1. The first-order valence-electron chi connectivity index (χ1n) is 9.79. The molecule has 1 aliphatic rings. The lowest BCUT2D eigenvalue weighted by atomic mass is 10.1. The van der Waals surface area contributed by atoms with Crippen molar-refractivity contribution >= 4 is 22.6 Å². The van der Waals surface area contributed by atoms with E-state index in [1.807, 2.05) is 32.0 Å².